The molecule has 0 saturated heterocycles. The van der Waals surface area contributed by atoms with Crippen molar-refractivity contribution in [2.75, 3.05) is 0 Å². The standard InChI is InChI=1S/C9H12N2O2S2/c1-2-7-10-9(15-11-7)14-6-4-3-5(6)8(12)13/h5-6H,2-4H2,1H3,(H,12,13). The summed E-state index contributed by atoms with van der Waals surface area (Å²) < 4.78 is 5.08. The monoisotopic (exact) mass is 244 g/mol. The first-order chi connectivity index (χ1) is 7.20. The van der Waals surface area contributed by atoms with Gasteiger partial charge in [-0.15, -0.1) is 0 Å². The van der Waals surface area contributed by atoms with Crippen LogP contribution in [0.25, 0.3) is 0 Å². The zero-order chi connectivity index (χ0) is 10.8. The van der Waals surface area contributed by atoms with Crippen LogP contribution in [0.1, 0.15) is 25.6 Å². The third-order valence-corrected chi connectivity index (χ3v) is 4.77. The highest BCUT2D eigenvalue weighted by Gasteiger charge is 2.37. The lowest BCUT2D eigenvalue weighted by Crippen LogP contribution is -2.35. The number of aliphatic carboxylic acids is 1. The highest BCUT2D eigenvalue weighted by Crippen LogP contribution is 2.41. The van der Waals surface area contributed by atoms with Crippen LogP contribution < -0.4 is 0 Å². The highest BCUT2D eigenvalue weighted by atomic mass is 32.2. The van der Waals surface area contributed by atoms with Crippen LogP contribution in [0.2, 0.25) is 0 Å². The van der Waals surface area contributed by atoms with E-state index >= 15 is 0 Å². The number of hydrogen-bond acceptors (Lipinski definition) is 5. The smallest absolute Gasteiger partial charge is 0.307 e. The molecule has 0 aliphatic heterocycles. The van der Waals surface area contributed by atoms with Crippen molar-refractivity contribution in [1.29, 1.82) is 0 Å². The first kappa shape index (κ1) is 10.9. The van der Waals surface area contributed by atoms with Gasteiger partial charge in [-0.05, 0) is 24.4 Å². The minimum Gasteiger partial charge on any atom is -0.481 e. The van der Waals surface area contributed by atoms with Crippen LogP contribution in [0.3, 0.4) is 0 Å². The van der Waals surface area contributed by atoms with Crippen molar-refractivity contribution in [2.45, 2.75) is 35.8 Å². The molecule has 2 unspecified atom stereocenters. The Bertz CT molecular complexity index is 367. The van der Waals surface area contributed by atoms with E-state index < -0.39 is 5.97 Å². The summed E-state index contributed by atoms with van der Waals surface area (Å²) >= 11 is 2.94. The van der Waals surface area contributed by atoms with Gasteiger partial charge in [0.15, 0.2) is 4.34 Å². The first-order valence-corrected chi connectivity index (χ1v) is 6.58. The summed E-state index contributed by atoms with van der Waals surface area (Å²) in [4.78, 5) is 15.1. The van der Waals surface area contributed by atoms with E-state index in [1.807, 2.05) is 6.92 Å². The van der Waals surface area contributed by atoms with E-state index in [1.54, 1.807) is 11.8 Å². The van der Waals surface area contributed by atoms with E-state index in [1.165, 1.54) is 11.5 Å². The summed E-state index contributed by atoms with van der Waals surface area (Å²) in [6.45, 7) is 2.01. The van der Waals surface area contributed by atoms with Gasteiger partial charge in [-0.2, -0.15) is 4.37 Å². The molecule has 1 fully saturated rings. The highest BCUT2D eigenvalue weighted by molar-refractivity contribution is 8.01. The molecule has 0 bridgehead atoms. The number of rotatable bonds is 4. The van der Waals surface area contributed by atoms with Crippen molar-refractivity contribution >= 4 is 29.3 Å². The number of aryl methyl sites for hydroxylation is 1. The molecule has 15 heavy (non-hydrogen) atoms. The quantitative estimate of drug-likeness (QED) is 0.878. The van der Waals surface area contributed by atoms with Crippen LogP contribution in [0.5, 0.6) is 0 Å². The molecule has 0 amide bonds. The number of carboxylic acids is 1. The van der Waals surface area contributed by atoms with Gasteiger partial charge in [-0.1, -0.05) is 18.7 Å². The molecule has 2 rings (SSSR count). The number of thioether (sulfide) groups is 1. The van der Waals surface area contributed by atoms with E-state index in [0.717, 1.165) is 29.4 Å². The maximum Gasteiger partial charge on any atom is 0.307 e. The lowest BCUT2D eigenvalue weighted by Gasteiger charge is -2.31. The topological polar surface area (TPSA) is 63.1 Å². The van der Waals surface area contributed by atoms with Gasteiger partial charge in [-0.3, -0.25) is 4.79 Å². The third-order valence-electron chi connectivity index (χ3n) is 2.55. The number of nitrogens with zero attached hydrogens (tertiary/aromatic N) is 2. The SMILES string of the molecule is CCc1nsc(SC2CCC2C(=O)O)n1. The van der Waals surface area contributed by atoms with Gasteiger partial charge in [0.25, 0.3) is 0 Å². The Labute approximate surface area is 96.3 Å². The van der Waals surface area contributed by atoms with Crippen molar-refractivity contribution in [3.63, 3.8) is 0 Å². The molecule has 1 saturated carbocycles. The molecule has 6 heteroatoms. The Morgan fingerprint density at radius 3 is 2.93 bits per heavy atom. The Morgan fingerprint density at radius 2 is 2.47 bits per heavy atom. The van der Waals surface area contributed by atoms with Crippen LogP contribution in [0.4, 0.5) is 0 Å². The zero-order valence-corrected chi connectivity index (χ0v) is 9.98. The molecular weight excluding hydrogens is 232 g/mol. The summed E-state index contributed by atoms with van der Waals surface area (Å²) in [6.07, 6.45) is 2.61. The third kappa shape index (κ3) is 2.31. The summed E-state index contributed by atoms with van der Waals surface area (Å²) in [6, 6.07) is 0. The van der Waals surface area contributed by atoms with Gasteiger partial charge in [0.1, 0.15) is 5.82 Å². The molecule has 0 radical (unpaired) electrons. The Balaban J connectivity index is 1.94. The van der Waals surface area contributed by atoms with E-state index in [4.69, 9.17) is 5.11 Å². The summed E-state index contributed by atoms with van der Waals surface area (Å²) in [5.74, 6) is -0.0170. The average Bonchev–Trinajstić information content (AvgIpc) is 2.59. The number of carboxylic acid groups (broad SMARTS) is 1. The average molecular weight is 244 g/mol. The van der Waals surface area contributed by atoms with Gasteiger partial charge >= 0.3 is 5.97 Å². The van der Waals surface area contributed by atoms with Crippen molar-refractivity contribution < 1.29 is 9.90 Å². The maximum absolute atomic E-state index is 10.8. The van der Waals surface area contributed by atoms with Crippen molar-refractivity contribution in [2.24, 2.45) is 5.92 Å². The van der Waals surface area contributed by atoms with Crippen LogP contribution in [0.15, 0.2) is 4.34 Å². The minimum absolute atomic E-state index is 0.191. The van der Waals surface area contributed by atoms with Crippen LogP contribution in [-0.4, -0.2) is 25.7 Å². The largest absolute Gasteiger partial charge is 0.481 e. The van der Waals surface area contributed by atoms with Crippen molar-refractivity contribution in [3.05, 3.63) is 5.82 Å². The molecule has 1 N–H and O–H groups in total. The Hall–Kier alpha value is -0.620. The van der Waals surface area contributed by atoms with Crippen LogP contribution in [0, 0.1) is 5.92 Å². The fourth-order valence-corrected chi connectivity index (χ4v) is 3.69. The van der Waals surface area contributed by atoms with E-state index in [0.29, 0.717) is 0 Å². The minimum atomic E-state index is -0.681. The molecule has 1 aliphatic carbocycles. The van der Waals surface area contributed by atoms with Crippen LogP contribution >= 0.6 is 23.3 Å². The van der Waals surface area contributed by atoms with E-state index in [2.05, 4.69) is 9.36 Å². The summed E-state index contributed by atoms with van der Waals surface area (Å²) in [5.41, 5.74) is 0. The predicted molar refractivity (Wildman–Crippen MR) is 59.3 cm³/mol. The molecule has 1 aromatic heterocycles. The van der Waals surface area contributed by atoms with E-state index in [-0.39, 0.29) is 11.2 Å². The van der Waals surface area contributed by atoms with E-state index in [9.17, 15) is 4.79 Å². The number of hydrogen-bond donors (Lipinski definition) is 1. The van der Waals surface area contributed by atoms with Gasteiger partial charge in [0.05, 0.1) is 5.92 Å². The van der Waals surface area contributed by atoms with Crippen molar-refractivity contribution in [3.8, 4) is 0 Å². The normalized spacial score (nSPS) is 24.9. The van der Waals surface area contributed by atoms with Crippen molar-refractivity contribution in [1.82, 2.24) is 9.36 Å². The van der Waals surface area contributed by atoms with Crippen LogP contribution in [-0.2, 0) is 11.2 Å². The van der Waals surface area contributed by atoms with Gasteiger partial charge in [0, 0.05) is 11.7 Å². The first-order valence-electron chi connectivity index (χ1n) is 4.92. The number of aromatic nitrogens is 2. The molecule has 1 aliphatic rings. The van der Waals surface area contributed by atoms with Gasteiger partial charge in [-0.25, -0.2) is 4.98 Å². The molecule has 0 spiro atoms. The summed E-state index contributed by atoms with van der Waals surface area (Å²) in [5, 5.41) is 9.08. The summed E-state index contributed by atoms with van der Waals surface area (Å²) in [7, 11) is 0. The maximum atomic E-state index is 10.8. The van der Waals surface area contributed by atoms with Gasteiger partial charge in [0.2, 0.25) is 0 Å². The van der Waals surface area contributed by atoms with Gasteiger partial charge < -0.3 is 5.11 Å². The second kappa shape index (κ2) is 4.49. The fraction of sp³-hybridized carbons (Fsp3) is 0.667. The molecule has 1 heterocycles. The molecule has 2 atom stereocenters. The molecule has 4 nitrogen and oxygen atoms in total. The lowest BCUT2D eigenvalue weighted by atomic mass is 9.85. The molecule has 1 aromatic rings. The molecule has 0 aromatic carbocycles. The lowest BCUT2D eigenvalue weighted by molar-refractivity contribution is -0.144. The zero-order valence-electron chi connectivity index (χ0n) is 8.34. The molecular formula is C9H12N2O2S2. The fourth-order valence-electron chi connectivity index (χ4n) is 1.45. The predicted octanol–water partition coefficient (Wildman–Crippen LogP) is 2.06. The number of carbonyl (C=O) groups is 1. The molecule has 82 valence electrons. The Kier molecular flexibility index (Phi) is 3.25. The Morgan fingerprint density at radius 1 is 1.67 bits per heavy atom. The second-order valence-electron chi connectivity index (χ2n) is 3.51. The second-order valence-corrected chi connectivity index (χ2v) is 5.75.